The molecule has 2 aromatic heterocycles. The maximum absolute atomic E-state index is 13.1. The molecule has 1 saturated heterocycles. The van der Waals surface area contributed by atoms with Gasteiger partial charge in [0.1, 0.15) is 10.4 Å². The van der Waals surface area contributed by atoms with E-state index in [9.17, 15) is 4.55 Å². The summed E-state index contributed by atoms with van der Waals surface area (Å²) < 4.78 is 18.4. The number of piperidine rings is 1. The van der Waals surface area contributed by atoms with Crippen molar-refractivity contribution in [3.05, 3.63) is 40.3 Å². The van der Waals surface area contributed by atoms with Crippen molar-refractivity contribution in [2.45, 2.75) is 70.6 Å². The molecule has 3 heterocycles. The summed E-state index contributed by atoms with van der Waals surface area (Å²) >= 11 is 11.8. The first kappa shape index (κ1) is 25.9. The van der Waals surface area contributed by atoms with E-state index in [2.05, 4.69) is 14.6 Å². The number of fused-ring (bicyclic) bond motifs is 1. The van der Waals surface area contributed by atoms with Gasteiger partial charge in [-0.3, -0.25) is 4.40 Å². The van der Waals surface area contributed by atoms with Gasteiger partial charge in [0.25, 0.3) is 0 Å². The van der Waals surface area contributed by atoms with E-state index in [1.807, 2.05) is 44.4 Å². The highest BCUT2D eigenvalue weighted by Gasteiger charge is 2.48. The first-order valence-electron chi connectivity index (χ1n) is 12.5. The Bertz CT molecular complexity index is 1280. The Labute approximate surface area is 226 Å². The minimum atomic E-state index is -1.14. The number of nitrogens with two attached hydrogens (primary N) is 1. The molecule has 10 heteroatoms. The van der Waals surface area contributed by atoms with Crippen molar-refractivity contribution >= 4 is 51.8 Å². The van der Waals surface area contributed by atoms with Crippen LogP contribution in [0.1, 0.15) is 58.6 Å². The highest BCUT2D eigenvalue weighted by atomic mass is 35.5. The Balaban J connectivity index is 1.54. The van der Waals surface area contributed by atoms with Crippen molar-refractivity contribution in [2.75, 3.05) is 23.7 Å². The number of aryl methyl sites for hydroxylation is 1. The van der Waals surface area contributed by atoms with Crippen molar-refractivity contribution in [3.63, 3.8) is 0 Å². The van der Waals surface area contributed by atoms with E-state index < -0.39 is 11.4 Å². The number of aromatic nitrogens is 3. The number of nitrogens with zero attached hydrogens (tertiary/aromatic N) is 4. The Kier molecular flexibility index (Phi) is 6.88. The monoisotopic (exact) mass is 548 g/mol. The molecule has 1 aliphatic carbocycles. The summed E-state index contributed by atoms with van der Waals surface area (Å²) in [5, 5.41) is 0.732. The standard InChI is InChI=1S/C26H34Cl2N6OS/c1-16-20(17-7-8-18(29)22(28)21(17)27)23-30-12-14-34(23)24(31-16)33-13-11-26(9-5-6-10-26)19(15-33)32-36(35)25(2,3)4/h7-8,12,14,19,32H,5-6,9-11,13,15,29H2,1-4H3/t19?,36-/m1/s1. The van der Waals surface area contributed by atoms with E-state index in [1.165, 1.54) is 25.7 Å². The van der Waals surface area contributed by atoms with Crippen LogP contribution in [0.4, 0.5) is 11.6 Å². The first-order valence-corrected chi connectivity index (χ1v) is 14.4. The van der Waals surface area contributed by atoms with Crippen molar-refractivity contribution in [1.29, 1.82) is 0 Å². The van der Waals surface area contributed by atoms with Crippen LogP contribution in [0.2, 0.25) is 10.0 Å². The van der Waals surface area contributed by atoms with Crippen LogP contribution in [0.5, 0.6) is 0 Å². The maximum atomic E-state index is 13.1. The zero-order valence-corrected chi connectivity index (χ0v) is 23.6. The fraction of sp³-hybridized carbons (Fsp3) is 0.538. The van der Waals surface area contributed by atoms with E-state index in [0.717, 1.165) is 47.9 Å². The van der Waals surface area contributed by atoms with Gasteiger partial charge in [-0.15, -0.1) is 4.72 Å². The van der Waals surface area contributed by atoms with E-state index in [-0.39, 0.29) is 16.2 Å². The van der Waals surface area contributed by atoms with Gasteiger partial charge in [0.15, 0.2) is 0 Å². The summed E-state index contributed by atoms with van der Waals surface area (Å²) in [7, 11) is 0. The van der Waals surface area contributed by atoms with Gasteiger partial charge < -0.3 is 15.2 Å². The molecular weight excluding hydrogens is 515 g/mol. The molecular formula is C26H34Cl2N6OS. The van der Waals surface area contributed by atoms with Gasteiger partial charge >= 0.3 is 0 Å². The summed E-state index contributed by atoms with van der Waals surface area (Å²) in [6.45, 7) is 9.67. The molecule has 0 bridgehead atoms. The van der Waals surface area contributed by atoms with Gasteiger partial charge in [0.05, 0.1) is 27.5 Å². The fourth-order valence-electron chi connectivity index (χ4n) is 5.73. The van der Waals surface area contributed by atoms with E-state index in [4.69, 9.17) is 33.9 Å². The smallest absolute Gasteiger partial charge is 0.211 e. The lowest BCUT2D eigenvalue weighted by Crippen LogP contribution is -2.60. The number of nitrogen functional groups attached to an aromatic ring is 1. The number of benzene rings is 1. The highest BCUT2D eigenvalue weighted by Crippen LogP contribution is 2.48. The quantitative estimate of drug-likeness (QED) is 0.316. The van der Waals surface area contributed by atoms with E-state index in [1.54, 1.807) is 12.3 Å². The lowest BCUT2D eigenvalue weighted by molar-refractivity contribution is 0.174. The molecule has 7 nitrogen and oxygen atoms in total. The SMILES string of the molecule is Cc1nc(N2CCC3(CCCC3)C(N[S@+]([O-])C(C)(C)C)C2)n2ccnc2c1-c1ccc(N)c(Cl)c1Cl. The molecule has 0 radical (unpaired) electrons. The number of hydrogen-bond donors (Lipinski definition) is 2. The molecule has 2 atom stereocenters. The first-order chi connectivity index (χ1) is 17.0. The van der Waals surface area contributed by atoms with Crippen molar-refractivity contribution in [3.8, 4) is 11.1 Å². The molecule has 36 heavy (non-hydrogen) atoms. The second-order valence-electron chi connectivity index (χ2n) is 11.1. The van der Waals surface area contributed by atoms with E-state index >= 15 is 0 Å². The van der Waals surface area contributed by atoms with Gasteiger partial charge in [-0.2, -0.15) is 0 Å². The predicted molar refractivity (Wildman–Crippen MR) is 150 cm³/mol. The lowest BCUT2D eigenvalue weighted by atomic mass is 9.73. The van der Waals surface area contributed by atoms with Crippen LogP contribution in [0.25, 0.3) is 16.8 Å². The predicted octanol–water partition coefficient (Wildman–Crippen LogP) is 5.78. The molecule has 1 aromatic carbocycles. The molecule has 194 valence electrons. The molecule has 1 unspecified atom stereocenters. The third kappa shape index (κ3) is 4.45. The average molecular weight is 550 g/mol. The number of halogens is 2. The molecule has 1 saturated carbocycles. The second kappa shape index (κ2) is 9.55. The maximum Gasteiger partial charge on any atom is 0.211 e. The molecule has 5 rings (SSSR count). The number of nitrogens with one attached hydrogen (secondary N) is 1. The van der Waals surface area contributed by atoms with Crippen LogP contribution in [-0.4, -0.2) is 42.8 Å². The van der Waals surface area contributed by atoms with Gasteiger partial charge in [-0.05, 0) is 58.4 Å². The number of rotatable bonds is 4. The molecule has 1 spiro atoms. The Morgan fingerprint density at radius 2 is 1.89 bits per heavy atom. The van der Waals surface area contributed by atoms with Crippen LogP contribution >= 0.6 is 23.2 Å². The third-order valence-electron chi connectivity index (χ3n) is 7.80. The zero-order valence-electron chi connectivity index (χ0n) is 21.3. The minimum Gasteiger partial charge on any atom is -0.598 e. The van der Waals surface area contributed by atoms with Crippen LogP contribution in [0.15, 0.2) is 24.5 Å². The van der Waals surface area contributed by atoms with Crippen LogP contribution in [-0.2, 0) is 11.4 Å². The topological polar surface area (TPSA) is 94.5 Å². The average Bonchev–Trinajstić information content (AvgIpc) is 3.49. The Morgan fingerprint density at radius 3 is 2.58 bits per heavy atom. The summed E-state index contributed by atoms with van der Waals surface area (Å²) in [5.41, 5.74) is 9.76. The lowest BCUT2D eigenvalue weighted by Gasteiger charge is -2.47. The minimum absolute atomic E-state index is 0.125. The number of anilines is 2. The molecule has 3 aromatic rings. The zero-order chi connectivity index (χ0) is 25.8. The summed E-state index contributed by atoms with van der Waals surface area (Å²) in [5.74, 6) is 0.836. The normalized spacial score (nSPS) is 21.0. The summed E-state index contributed by atoms with van der Waals surface area (Å²) in [4.78, 5) is 12.0. The van der Waals surface area contributed by atoms with Crippen molar-refractivity contribution in [2.24, 2.45) is 5.41 Å². The molecule has 0 amide bonds. The Morgan fingerprint density at radius 1 is 1.17 bits per heavy atom. The molecule has 3 N–H and O–H groups in total. The van der Waals surface area contributed by atoms with Crippen molar-refractivity contribution < 1.29 is 4.55 Å². The van der Waals surface area contributed by atoms with Crippen molar-refractivity contribution in [1.82, 2.24) is 19.1 Å². The van der Waals surface area contributed by atoms with Gasteiger partial charge in [0.2, 0.25) is 5.95 Å². The third-order valence-corrected chi connectivity index (χ3v) is 10.3. The largest absolute Gasteiger partial charge is 0.598 e. The molecule has 1 aliphatic heterocycles. The second-order valence-corrected chi connectivity index (χ2v) is 13.9. The molecule has 2 aliphatic rings. The highest BCUT2D eigenvalue weighted by molar-refractivity contribution is 7.90. The van der Waals surface area contributed by atoms with Gasteiger partial charge in [-0.1, -0.05) is 42.1 Å². The van der Waals surface area contributed by atoms with Crippen LogP contribution in [0.3, 0.4) is 0 Å². The summed E-state index contributed by atoms with van der Waals surface area (Å²) in [6, 6.07) is 3.75. The number of imidazole rings is 1. The van der Waals surface area contributed by atoms with Crippen LogP contribution in [0, 0.1) is 12.3 Å². The van der Waals surface area contributed by atoms with E-state index in [0.29, 0.717) is 15.7 Å². The van der Waals surface area contributed by atoms with Gasteiger partial charge in [0, 0.05) is 48.0 Å². The molecule has 2 fully saturated rings. The number of hydrogen-bond acceptors (Lipinski definition) is 6. The Hall–Kier alpha value is -1.71. The summed E-state index contributed by atoms with van der Waals surface area (Å²) in [6.07, 6.45) is 9.60. The van der Waals surface area contributed by atoms with Crippen LogP contribution < -0.4 is 15.4 Å². The van der Waals surface area contributed by atoms with Gasteiger partial charge in [-0.25, -0.2) is 9.97 Å². The fourth-order valence-corrected chi connectivity index (χ4v) is 7.10.